The Labute approximate surface area is 208 Å². The van der Waals surface area contributed by atoms with Gasteiger partial charge in [0.1, 0.15) is 6.61 Å². The van der Waals surface area contributed by atoms with Crippen LogP contribution in [0.1, 0.15) is 47.8 Å². The zero-order valence-electron chi connectivity index (χ0n) is 20.6. The summed E-state index contributed by atoms with van der Waals surface area (Å²) in [6.45, 7) is 4.54. The standard InChI is InChI=1S/C27H28O9/c1-5-33-24(29)27(25(30)34-6-2)20-11-9-8-10-19(20)22(21(27)16-36-26(31)35-7-3)17-12-14-18(15-13-17)23(28)32-4/h8-15H,5-7,16H2,1-4H3. The molecule has 0 amide bonds. The SMILES string of the molecule is CCOC(=O)OCC1=C(c2ccc(C(=O)OC)cc2)c2ccccc2C1(C(=O)OCC)C(=O)OCC. The first-order chi connectivity index (χ1) is 17.4. The van der Waals surface area contributed by atoms with Gasteiger partial charge in [0.15, 0.2) is 0 Å². The highest BCUT2D eigenvalue weighted by Gasteiger charge is 2.59. The third kappa shape index (κ3) is 4.68. The van der Waals surface area contributed by atoms with Crippen molar-refractivity contribution < 1.29 is 42.9 Å². The molecule has 0 heterocycles. The summed E-state index contributed by atoms with van der Waals surface area (Å²) in [5.41, 5.74) is 0.438. The number of methoxy groups -OCH3 is 1. The summed E-state index contributed by atoms with van der Waals surface area (Å²) >= 11 is 0. The van der Waals surface area contributed by atoms with E-state index in [2.05, 4.69) is 0 Å². The van der Waals surface area contributed by atoms with Crippen LogP contribution in [0, 0.1) is 0 Å². The van der Waals surface area contributed by atoms with Gasteiger partial charge in [-0.15, -0.1) is 0 Å². The average molecular weight is 497 g/mol. The third-order valence-electron chi connectivity index (χ3n) is 5.71. The Bertz CT molecular complexity index is 1160. The average Bonchev–Trinajstić information content (AvgIpc) is 3.18. The van der Waals surface area contributed by atoms with Crippen LogP contribution in [-0.2, 0) is 38.7 Å². The summed E-state index contributed by atoms with van der Waals surface area (Å²) in [5, 5.41) is 0. The van der Waals surface area contributed by atoms with Crippen LogP contribution in [0.5, 0.6) is 0 Å². The number of carbonyl (C=O) groups is 4. The lowest BCUT2D eigenvalue weighted by molar-refractivity contribution is -0.162. The molecule has 0 spiro atoms. The molecule has 190 valence electrons. The maximum atomic E-state index is 13.6. The highest BCUT2D eigenvalue weighted by atomic mass is 16.7. The van der Waals surface area contributed by atoms with Crippen LogP contribution in [0.3, 0.4) is 0 Å². The van der Waals surface area contributed by atoms with Gasteiger partial charge < -0.3 is 23.7 Å². The molecule has 0 saturated carbocycles. The smallest absolute Gasteiger partial charge is 0.465 e. The molecule has 1 aliphatic carbocycles. The molecule has 0 aromatic heterocycles. The van der Waals surface area contributed by atoms with E-state index in [0.717, 1.165) is 0 Å². The topological polar surface area (TPSA) is 114 Å². The summed E-state index contributed by atoms with van der Waals surface area (Å²) in [4.78, 5) is 51.3. The van der Waals surface area contributed by atoms with Crippen molar-refractivity contribution in [2.75, 3.05) is 33.5 Å². The lowest BCUT2D eigenvalue weighted by atomic mass is 9.77. The van der Waals surface area contributed by atoms with Crippen molar-refractivity contribution in [1.29, 1.82) is 0 Å². The summed E-state index contributed by atoms with van der Waals surface area (Å²) < 4.78 is 25.8. The van der Waals surface area contributed by atoms with Crippen molar-refractivity contribution in [1.82, 2.24) is 0 Å². The van der Waals surface area contributed by atoms with Crippen LogP contribution in [0.4, 0.5) is 4.79 Å². The Morgan fingerprint density at radius 1 is 0.750 bits per heavy atom. The predicted molar refractivity (Wildman–Crippen MR) is 128 cm³/mol. The van der Waals surface area contributed by atoms with Gasteiger partial charge in [-0.2, -0.15) is 0 Å². The molecule has 9 nitrogen and oxygen atoms in total. The highest BCUT2D eigenvalue weighted by Crippen LogP contribution is 2.50. The maximum Gasteiger partial charge on any atom is 0.508 e. The normalized spacial score (nSPS) is 13.4. The minimum atomic E-state index is -2.01. The van der Waals surface area contributed by atoms with Crippen LogP contribution in [-0.4, -0.2) is 57.6 Å². The minimum Gasteiger partial charge on any atom is -0.465 e. The van der Waals surface area contributed by atoms with Gasteiger partial charge in [-0.1, -0.05) is 36.4 Å². The molecule has 0 atom stereocenters. The lowest BCUT2D eigenvalue weighted by Crippen LogP contribution is -2.47. The van der Waals surface area contributed by atoms with Gasteiger partial charge in [0, 0.05) is 5.57 Å². The number of fused-ring (bicyclic) bond motifs is 1. The zero-order valence-corrected chi connectivity index (χ0v) is 20.6. The first-order valence-electron chi connectivity index (χ1n) is 11.5. The Hall–Kier alpha value is -4.14. The van der Waals surface area contributed by atoms with Gasteiger partial charge in [-0.05, 0) is 55.2 Å². The second-order valence-corrected chi connectivity index (χ2v) is 7.63. The molecule has 0 saturated heterocycles. The molecule has 1 aliphatic rings. The third-order valence-corrected chi connectivity index (χ3v) is 5.71. The molecule has 3 rings (SSSR count). The van der Waals surface area contributed by atoms with Gasteiger partial charge in [-0.3, -0.25) is 9.59 Å². The van der Waals surface area contributed by atoms with E-state index >= 15 is 0 Å². The van der Waals surface area contributed by atoms with Crippen molar-refractivity contribution in [2.45, 2.75) is 26.2 Å². The van der Waals surface area contributed by atoms with Crippen LogP contribution in [0.25, 0.3) is 5.57 Å². The molecule has 36 heavy (non-hydrogen) atoms. The number of esters is 3. The second kappa shape index (κ2) is 11.5. The zero-order chi connectivity index (χ0) is 26.3. The van der Waals surface area contributed by atoms with E-state index in [9.17, 15) is 19.2 Å². The number of hydrogen-bond acceptors (Lipinski definition) is 9. The molecule has 0 fully saturated rings. The maximum absolute atomic E-state index is 13.6. The summed E-state index contributed by atoms with van der Waals surface area (Å²) in [5.74, 6) is -2.21. The monoisotopic (exact) mass is 496 g/mol. The lowest BCUT2D eigenvalue weighted by Gasteiger charge is -2.29. The van der Waals surface area contributed by atoms with Gasteiger partial charge in [-0.25, -0.2) is 9.59 Å². The van der Waals surface area contributed by atoms with Crippen LogP contribution < -0.4 is 0 Å². The fraction of sp³-hybridized carbons (Fsp3) is 0.333. The first kappa shape index (κ1) is 26.5. The van der Waals surface area contributed by atoms with E-state index < -0.39 is 36.1 Å². The van der Waals surface area contributed by atoms with Crippen molar-refractivity contribution >= 4 is 29.6 Å². The Morgan fingerprint density at radius 2 is 1.33 bits per heavy atom. The molecular weight excluding hydrogens is 468 g/mol. The van der Waals surface area contributed by atoms with Gasteiger partial charge in [0.2, 0.25) is 5.41 Å². The number of ether oxygens (including phenoxy) is 5. The quantitative estimate of drug-likeness (QED) is 0.290. The van der Waals surface area contributed by atoms with E-state index in [-0.39, 0.29) is 25.4 Å². The molecule has 0 bridgehead atoms. The van der Waals surface area contributed by atoms with Gasteiger partial charge in [0.25, 0.3) is 0 Å². The van der Waals surface area contributed by atoms with Crippen molar-refractivity contribution in [3.8, 4) is 0 Å². The van der Waals surface area contributed by atoms with Crippen LogP contribution >= 0.6 is 0 Å². The van der Waals surface area contributed by atoms with Gasteiger partial charge in [0.05, 0.1) is 32.5 Å². The molecule has 2 aromatic carbocycles. The summed E-state index contributed by atoms with van der Waals surface area (Å²) in [6, 6.07) is 13.3. The van der Waals surface area contributed by atoms with Crippen LogP contribution in [0.15, 0.2) is 54.1 Å². The van der Waals surface area contributed by atoms with E-state index in [0.29, 0.717) is 27.8 Å². The Kier molecular flexibility index (Phi) is 8.47. The fourth-order valence-corrected chi connectivity index (χ4v) is 4.26. The summed E-state index contributed by atoms with van der Waals surface area (Å²) in [6.07, 6.45) is -0.956. The molecule has 0 radical (unpaired) electrons. The number of carbonyl (C=O) groups excluding carboxylic acids is 4. The van der Waals surface area contributed by atoms with E-state index in [1.165, 1.54) is 7.11 Å². The number of rotatable bonds is 9. The van der Waals surface area contributed by atoms with Crippen molar-refractivity contribution in [2.24, 2.45) is 0 Å². The number of benzene rings is 2. The van der Waals surface area contributed by atoms with E-state index in [1.807, 2.05) is 0 Å². The Morgan fingerprint density at radius 3 is 1.89 bits per heavy atom. The van der Waals surface area contributed by atoms with Crippen molar-refractivity contribution in [3.05, 3.63) is 76.4 Å². The minimum absolute atomic E-state index is 0.0112. The van der Waals surface area contributed by atoms with E-state index in [4.69, 9.17) is 23.7 Å². The van der Waals surface area contributed by atoms with Crippen molar-refractivity contribution in [3.63, 3.8) is 0 Å². The fourth-order valence-electron chi connectivity index (χ4n) is 4.26. The van der Waals surface area contributed by atoms with E-state index in [1.54, 1.807) is 69.3 Å². The highest BCUT2D eigenvalue weighted by molar-refractivity contribution is 6.16. The largest absolute Gasteiger partial charge is 0.508 e. The second-order valence-electron chi connectivity index (χ2n) is 7.63. The molecule has 0 unspecified atom stereocenters. The molecule has 9 heteroatoms. The number of hydrogen-bond donors (Lipinski definition) is 0. The molecule has 0 aliphatic heterocycles. The summed E-state index contributed by atoms with van der Waals surface area (Å²) in [7, 11) is 1.28. The van der Waals surface area contributed by atoms with Gasteiger partial charge >= 0.3 is 24.1 Å². The molecular formula is C27H28O9. The predicted octanol–water partition coefficient (Wildman–Crippen LogP) is 3.83. The van der Waals surface area contributed by atoms with Crippen LogP contribution in [0.2, 0.25) is 0 Å². The molecule has 0 N–H and O–H groups in total. The molecule has 2 aromatic rings. The first-order valence-corrected chi connectivity index (χ1v) is 11.5. The Balaban J connectivity index is 2.32.